The maximum absolute atomic E-state index is 12.4. The molecule has 1 aromatic heterocycles. The number of thioether (sulfide) groups is 1. The molecule has 4 nitrogen and oxygen atoms in total. The third-order valence-corrected chi connectivity index (χ3v) is 11.6. The summed E-state index contributed by atoms with van der Waals surface area (Å²) < 4.78 is 2.05. The summed E-state index contributed by atoms with van der Waals surface area (Å²) in [5, 5.41) is 12.9. The van der Waals surface area contributed by atoms with Crippen LogP contribution >= 0.6 is 11.8 Å². The molecule has 30 heavy (non-hydrogen) atoms. The second-order valence-corrected chi connectivity index (χ2v) is 12.5. The first kappa shape index (κ1) is 21.1. The number of hydrogen-bond acceptors (Lipinski definition) is 4. The lowest BCUT2D eigenvalue weighted by molar-refractivity contribution is -0.157. The molecule has 5 heteroatoms. The molecule has 0 radical (unpaired) electrons. The number of aromatic nitrogens is 2. The molecule has 0 bridgehead atoms. The van der Waals surface area contributed by atoms with Crippen molar-refractivity contribution in [2.75, 3.05) is 5.75 Å². The van der Waals surface area contributed by atoms with Crippen LogP contribution in [0.15, 0.2) is 17.6 Å². The van der Waals surface area contributed by atoms with Crippen molar-refractivity contribution in [2.45, 2.75) is 82.9 Å². The Kier molecular flexibility index (Phi) is 4.98. The standard InChI is InChI=1S/C25H38N2O2S/c1-16-14-23(2)17(13-21(16)28)5-6-18-19(23)7-9-24(3)20(18)8-10-25(24,29)15-30-22-26-11-12-27(22)4/h11-12,16-20,29H,5-10,13-15H2,1-4H3/t16-,17+,18-,19+,20+,23+,24+,25+/m1/s1. The van der Waals surface area contributed by atoms with Crippen LogP contribution in [-0.2, 0) is 11.8 Å². The summed E-state index contributed by atoms with van der Waals surface area (Å²) in [5.74, 6) is 4.13. The number of nitrogens with zero attached hydrogens (tertiary/aromatic N) is 2. The third-order valence-electron chi connectivity index (χ3n) is 10.3. The second kappa shape index (κ2) is 7.10. The van der Waals surface area contributed by atoms with Gasteiger partial charge in [-0.05, 0) is 74.0 Å². The Morgan fingerprint density at radius 2 is 1.97 bits per heavy atom. The van der Waals surface area contributed by atoms with E-state index in [0.717, 1.165) is 54.8 Å². The number of carbonyl (C=O) groups is 1. The Morgan fingerprint density at radius 3 is 2.70 bits per heavy atom. The summed E-state index contributed by atoms with van der Waals surface area (Å²) in [6.07, 6.45) is 12.6. The lowest BCUT2D eigenvalue weighted by Crippen LogP contribution is -2.57. The maximum atomic E-state index is 12.4. The van der Waals surface area contributed by atoms with E-state index in [1.54, 1.807) is 11.8 Å². The SMILES string of the molecule is C[C@@H]1C[C@@]2(C)[C@@H](CC[C@@H]3[C@@H]2CC[C@@]2(C)[C@H]3CC[C@]2(O)CSc2nccn2C)CC1=O. The minimum atomic E-state index is -0.604. The van der Waals surface area contributed by atoms with Gasteiger partial charge in [0, 0.05) is 42.9 Å². The molecule has 166 valence electrons. The minimum absolute atomic E-state index is 0.00559. The number of ketones is 1. The van der Waals surface area contributed by atoms with Gasteiger partial charge in [0.2, 0.25) is 0 Å². The van der Waals surface area contributed by atoms with Gasteiger partial charge < -0.3 is 9.67 Å². The number of rotatable bonds is 3. The predicted molar refractivity (Wildman–Crippen MR) is 120 cm³/mol. The van der Waals surface area contributed by atoms with Crippen molar-refractivity contribution < 1.29 is 9.90 Å². The van der Waals surface area contributed by atoms with Crippen LogP contribution in [-0.4, -0.2) is 31.8 Å². The molecule has 4 saturated carbocycles. The fourth-order valence-corrected chi connectivity index (χ4v) is 9.67. The summed E-state index contributed by atoms with van der Waals surface area (Å²) in [5.41, 5.74) is -0.279. The van der Waals surface area contributed by atoms with Crippen LogP contribution in [0, 0.1) is 40.4 Å². The highest BCUT2D eigenvalue weighted by Crippen LogP contribution is 2.68. The molecule has 0 unspecified atom stereocenters. The van der Waals surface area contributed by atoms with Crippen molar-refractivity contribution in [3.8, 4) is 0 Å². The molecule has 4 fully saturated rings. The lowest BCUT2D eigenvalue weighted by Gasteiger charge is -2.61. The van der Waals surface area contributed by atoms with E-state index in [9.17, 15) is 9.90 Å². The van der Waals surface area contributed by atoms with E-state index >= 15 is 0 Å². The number of aryl methyl sites for hydroxylation is 1. The fraction of sp³-hybridized carbons (Fsp3) is 0.840. The normalized spacial score (nSPS) is 48.2. The summed E-state index contributed by atoms with van der Waals surface area (Å²) in [4.78, 5) is 16.9. The molecule has 5 rings (SSSR count). The molecule has 0 aliphatic heterocycles. The van der Waals surface area contributed by atoms with Crippen molar-refractivity contribution in [2.24, 2.45) is 47.5 Å². The van der Waals surface area contributed by atoms with Gasteiger partial charge in [0.1, 0.15) is 5.78 Å². The van der Waals surface area contributed by atoms with Crippen molar-refractivity contribution >= 4 is 17.5 Å². The first-order valence-corrected chi connectivity index (χ1v) is 13.0. The van der Waals surface area contributed by atoms with Gasteiger partial charge in [0.05, 0.1) is 5.60 Å². The molecule has 1 N–H and O–H groups in total. The molecule has 0 spiro atoms. The average molecular weight is 431 g/mol. The molecule has 0 saturated heterocycles. The van der Waals surface area contributed by atoms with Gasteiger partial charge in [-0.25, -0.2) is 4.98 Å². The Labute approximate surface area is 185 Å². The molecule has 8 atom stereocenters. The molecule has 1 aromatic rings. The average Bonchev–Trinajstić information content (AvgIpc) is 3.22. The monoisotopic (exact) mass is 430 g/mol. The number of Topliss-reactive ketones (excluding diaryl/α,β-unsaturated/α-hetero) is 1. The number of aliphatic hydroxyl groups is 1. The van der Waals surface area contributed by atoms with E-state index < -0.39 is 5.60 Å². The number of hydrogen-bond donors (Lipinski definition) is 1. The van der Waals surface area contributed by atoms with E-state index in [4.69, 9.17) is 0 Å². The fourth-order valence-electron chi connectivity index (χ4n) is 8.43. The molecule has 0 amide bonds. The molecule has 1 heterocycles. The molecule has 4 aliphatic carbocycles. The number of imidazole rings is 1. The molecular weight excluding hydrogens is 392 g/mol. The Bertz CT molecular complexity index is 839. The Morgan fingerprint density at radius 1 is 1.20 bits per heavy atom. The second-order valence-electron chi connectivity index (χ2n) is 11.6. The van der Waals surface area contributed by atoms with Crippen LogP contribution in [0.3, 0.4) is 0 Å². The van der Waals surface area contributed by atoms with Crippen molar-refractivity contribution in [3.63, 3.8) is 0 Å². The van der Waals surface area contributed by atoms with Gasteiger partial charge in [0.15, 0.2) is 5.16 Å². The summed E-state index contributed by atoms with van der Waals surface area (Å²) in [6.45, 7) is 7.06. The van der Waals surface area contributed by atoms with Gasteiger partial charge in [0.25, 0.3) is 0 Å². The van der Waals surface area contributed by atoms with Gasteiger partial charge in [-0.15, -0.1) is 0 Å². The smallest absolute Gasteiger partial charge is 0.167 e. The summed E-state index contributed by atoms with van der Waals surface area (Å²) >= 11 is 1.72. The predicted octanol–water partition coefficient (Wildman–Crippen LogP) is 5.10. The quantitative estimate of drug-likeness (QED) is 0.678. The van der Waals surface area contributed by atoms with E-state index in [-0.39, 0.29) is 11.3 Å². The molecule has 4 aliphatic rings. The van der Waals surface area contributed by atoms with E-state index in [1.165, 1.54) is 19.3 Å². The highest BCUT2D eigenvalue weighted by Gasteiger charge is 2.64. The van der Waals surface area contributed by atoms with Crippen LogP contribution in [0.2, 0.25) is 0 Å². The highest BCUT2D eigenvalue weighted by molar-refractivity contribution is 7.99. The van der Waals surface area contributed by atoms with Crippen molar-refractivity contribution in [3.05, 3.63) is 12.4 Å². The highest BCUT2D eigenvalue weighted by atomic mass is 32.2. The van der Waals surface area contributed by atoms with Crippen LogP contribution in [0.5, 0.6) is 0 Å². The Balaban J connectivity index is 1.37. The zero-order chi connectivity index (χ0) is 21.3. The minimum Gasteiger partial charge on any atom is -0.388 e. The number of carbonyl (C=O) groups excluding carboxylic acids is 1. The topological polar surface area (TPSA) is 55.1 Å². The van der Waals surface area contributed by atoms with E-state index in [1.807, 2.05) is 24.0 Å². The largest absolute Gasteiger partial charge is 0.388 e. The van der Waals surface area contributed by atoms with Gasteiger partial charge in [-0.3, -0.25) is 4.79 Å². The zero-order valence-electron chi connectivity index (χ0n) is 19.1. The lowest BCUT2D eigenvalue weighted by atomic mass is 9.44. The first-order chi connectivity index (χ1) is 14.2. The van der Waals surface area contributed by atoms with E-state index in [0.29, 0.717) is 23.0 Å². The maximum Gasteiger partial charge on any atom is 0.167 e. The summed E-state index contributed by atoms with van der Waals surface area (Å²) in [6, 6.07) is 0. The van der Waals surface area contributed by atoms with Crippen LogP contribution < -0.4 is 0 Å². The zero-order valence-corrected chi connectivity index (χ0v) is 19.9. The van der Waals surface area contributed by atoms with Gasteiger partial charge in [-0.1, -0.05) is 32.5 Å². The summed E-state index contributed by atoms with van der Waals surface area (Å²) in [7, 11) is 2.03. The van der Waals surface area contributed by atoms with Crippen molar-refractivity contribution in [1.29, 1.82) is 0 Å². The Hall–Kier alpha value is -0.810. The van der Waals surface area contributed by atoms with Crippen molar-refractivity contribution in [1.82, 2.24) is 9.55 Å². The van der Waals surface area contributed by atoms with Crippen LogP contribution in [0.1, 0.15) is 72.1 Å². The van der Waals surface area contributed by atoms with Crippen LogP contribution in [0.4, 0.5) is 0 Å². The van der Waals surface area contributed by atoms with E-state index in [2.05, 4.69) is 25.8 Å². The molecular formula is C25H38N2O2S. The number of fused-ring (bicyclic) bond motifs is 5. The molecule has 0 aromatic carbocycles. The van der Waals surface area contributed by atoms with Gasteiger partial charge >= 0.3 is 0 Å². The van der Waals surface area contributed by atoms with Gasteiger partial charge in [-0.2, -0.15) is 0 Å². The van der Waals surface area contributed by atoms with Crippen LogP contribution in [0.25, 0.3) is 0 Å². The third kappa shape index (κ3) is 2.90. The first-order valence-electron chi connectivity index (χ1n) is 12.0.